The molecule has 2 unspecified atom stereocenters. The van der Waals surface area contributed by atoms with Crippen molar-refractivity contribution in [3.05, 3.63) is 59.8 Å². The molecule has 3 aliphatic heterocycles. The molecule has 200 valence electrons. The lowest BCUT2D eigenvalue weighted by Crippen LogP contribution is -2.59. The number of benzene rings is 1. The van der Waals surface area contributed by atoms with Gasteiger partial charge in [0.05, 0.1) is 0 Å². The molecular weight excluding hydrogens is 481 g/mol. The molecule has 5 rings (SSSR count). The molecule has 1 aromatic carbocycles. The van der Waals surface area contributed by atoms with Crippen molar-refractivity contribution in [3.8, 4) is 0 Å². The van der Waals surface area contributed by atoms with Gasteiger partial charge in [0.1, 0.15) is 11.5 Å². The number of halogens is 3. The molecule has 9 heteroatoms. The minimum atomic E-state index is -4.56. The molecule has 0 bridgehead atoms. The lowest BCUT2D eigenvalue weighted by Gasteiger charge is -2.47. The predicted molar refractivity (Wildman–Crippen MR) is 135 cm³/mol. The molecule has 1 amide bonds. The number of aromatic nitrogens is 1. The monoisotopic (exact) mass is 516 g/mol. The van der Waals surface area contributed by atoms with Gasteiger partial charge in [-0.05, 0) is 42.4 Å². The molecule has 2 aromatic rings. The first-order chi connectivity index (χ1) is 17.8. The predicted octanol–water partition coefficient (Wildman–Crippen LogP) is 4.46. The second kappa shape index (κ2) is 10.7. The van der Waals surface area contributed by atoms with Crippen LogP contribution in [0.15, 0.2) is 48.5 Å². The van der Waals surface area contributed by atoms with Crippen LogP contribution >= 0.6 is 0 Å². The molecule has 37 heavy (non-hydrogen) atoms. The summed E-state index contributed by atoms with van der Waals surface area (Å²) in [5.41, 5.74) is 0.00446. The van der Waals surface area contributed by atoms with Crippen LogP contribution in [0.2, 0.25) is 0 Å². The lowest BCUT2D eigenvalue weighted by molar-refractivity contribution is -0.141. The van der Waals surface area contributed by atoms with Gasteiger partial charge >= 0.3 is 6.18 Å². The first kappa shape index (κ1) is 26.1. The molecule has 6 nitrogen and oxygen atoms in total. The maximum Gasteiger partial charge on any atom is 0.433 e. The number of carbonyl (C=O) groups excluding carboxylic acids is 1. The fraction of sp³-hybridized carbons (Fsp3) is 0.571. The van der Waals surface area contributed by atoms with Crippen LogP contribution in [0.4, 0.5) is 19.0 Å². The third kappa shape index (κ3) is 5.68. The summed E-state index contributed by atoms with van der Waals surface area (Å²) in [5.74, 6) is 0.947. The van der Waals surface area contributed by atoms with E-state index in [9.17, 15) is 18.0 Å². The number of alkyl halides is 3. The van der Waals surface area contributed by atoms with Crippen molar-refractivity contribution in [3.63, 3.8) is 0 Å². The molecule has 0 radical (unpaired) electrons. The molecule has 0 saturated carbocycles. The summed E-state index contributed by atoms with van der Waals surface area (Å²) in [6.45, 7) is 8.11. The smallest absolute Gasteiger partial charge is 0.381 e. The Balaban J connectivity index is 1.34. The Bertz CT molecular complexity index is 1060. The minimum Gasteiger partial charge on any atom is -0.381 e. The maximum atomic E-state index is 13.4. The van der Waals surface area contributed by atoms with Crippen molar-refractivity contribution < 1.29 is 22.7 Å². The number of amides is 1. The van der Waals surface area contributed by atoms with Crippen LogP contribution in [0.3, 0.4) is 0 Å². The molecule has 3 aliphatic rings. The Morgan fingerprint density at radius 3 is 2.32 bits per heavy atom. The molecule has 3 saturated heterocycles. The van der Waals surface area contributed by atoms with Crippen LogP contribution in [0.1, 0.15) is 37.4 Å². The van der Waals surface area contributed by atoms with Crippen molar-refractivity contribution in [1.29, 1.82) is 0 Å². The molecule has 2 atom stereocenters. The zero-order valence-electron chi connectivity index (χ0n) is 21.3. The molecule has 0 N–H and O–H groups in total. The van der Waals surface area contributed by atoms with E-state index in [-0.39, 0.29) is 23.7 Å². The summed E-state index contributed by atoms with van der Waals surface area (Å²) in [6, 6.07) is 14.3. The van der Waals surface area contributed by atoms with Crippen molar-refractivity contribution >= 4 is 11.7 Å². The van der Waals surface area contributed by atoms with Crippen molar-refractivity contribution in [1.82, 2.24) is 14.8 Å². The van der Waals surface area contributed by atoms with Gasteiger partial charge in [-0.1, -0.05) is 43.3 Å². The Labute approximate surface area is 216 Å². The zero-order chi connectivity index (χ0) is 26.0. The topological polar surface area (TPSA) is 48.9 Å². The van der Waals surface area contributed by atoms with E-state index in [1.54, 1.807) is 6.92 Å². The Hall–Kier alpha value is -2.49. The zero-order valence-corrected chi connectivity index (χ0v) is 21.3. The Kier molecular flexibility index (Phi) is 7.56. The number of carbonyl (C=O) groups is 1. The van der Waals surface area contributed by atoms with E-state index in [1.165, 1.54) is 22.6 Å². The van der Waals surface area contributed by atoms with E-state index >= 15 is 0 Å². The number of ether oxygens (including phenoxy) is 1. The molecule has 0 aliphatic carbocycles. The summed E-state index contributed by atoms with van der Waals surface area (Å²) in [5, 5.41) is 0. The third-order valence-electron chi connectivity index (χ3n) is 8.26. The average Bonchev–Trinajstić information content (AvgIpc) is 3.47. The Morgan fingerprint density at radius 1 is 1.03 bits per heavy atom. The quantitative estimate of drug-likeness (QED) is 0.544. The Morgan fingerprint density at radius 2 is 1.70 bits per heavy atom. The highest BCUT2D eigenvalue weighted by atomic mass is 19.4. The fourth-order valence-corrected chi connectivity index (χ4v) is 6.29. The summed E-state index contributed by atoms with van der Waals surface area (Å²) in [4.78, 5) is 23.4. The summed E-state index contributed by atoms with van der Waals surface area (Å²) in [6.07, 6.45) is -2.88. The van der Waals surface area contributed by atoms with Gasteiger partial charge < -0.3 is 4.74 Å². The van der Waals surface area contributed by atoms with Crippen LogP contribution < -0.4 is 4.90 Å². The lowest BCUT2D eigenvalue weighted by atomic mass is 9.87. The molecular formula is C28H35F3N4O2. The fourth-order valence-electron chi connectivity index (χ4n) is 6.29. The van der Waals surface area contributed by atoms with Gasteiger partial charge in [0.2, 0.25) is 5.91 Å². The van der Waals surface area contributed by atoms with Gasteiger partial charge in [-0.2, -0.15) is 13.2 Å². The number of pyridine rings is 1. The highest BCUT2D eigenvalue weighted by molar-refractivity contribution is 5.92. The van der Waals surface area contributed by atoms with Gasteiger partial charge in [0.25, 0.3) is 0 Å². The average molecular weight is 517 g/mol. The largest absolute Gasteiger partial charge is 0.433 e. The number of hydrogen-bond acceptors (Lipinski definition) is 5. The number of likely N-dealkylation sites (tertiary alicyclic amines) is 2. The second-order valence-electron chi connectivity index (χ2n) is 10.7. The number of nitrogens with zero attached hydrogens (tertiary/aromatic N) is 4. The highest BCUT2D eigenvalue weighted by Crippen LogP contribution is 2.40. The van der Waals surface area contributed by atoms with Crippen LogP contribution in [-0.2, 0) is 22.3 Å². The first-order valence-electron chi connectivity index (χ1n) is 13.2. The number of anilines is 1. The standard InChI is InChI=1S/C28H35F3N4O2/c1-2-26(36)35(25-10-6-9-24(32-25)28(29,30)31)20-27(11-13-37-14-12-27)34-18-22-16-33(17-23(22)19-34)15-21-7-4-3-5-8-21/h3-10,22-23H,2,11-20H2,1H3. The van der Waals surface area contributed by atoms with E-state index in [1.807, 2.05) is 6.07 Å². The van der Waals surface area contributed by atoms with E-state index in [2.05, 4.69) is 39.0 Å². The molecule has 4 heterocycles. The second-order valence-corrected chi connectivity index (χ2v) is 10.7. The summed E-state index contributed by atoms with van der Waals surface area (Å²) < 4.78 is 45.9. The number of rotatable bonds is 7. The third-order valence-corrected chi connectivity index (χ3v) is 8.26. The minimum absolute atomic E-state index is 0.0703. The van der Waals surface area contributed by atoms with Crippen LogP contribution in [0.5, 0.6) is 0 Å². The van der Waals surface area contributed by atoms with E-state index < -0.39 is 11.9 Å². The molecule has 0 spiro atoms. The van der Waals surface area contributed by atoms with Gasteiger partial charge in [0, 0.05) is 64.4 Å². The van der Waals surface area contributed by atoms with Gasteiger partial charge in [-0.25, -0.2) is 4.98 Å². The first-order valence-corrected chi connectivity index (χ1v) is 13.2. The van der Waals surface area contributed by atoms with Gasteiger partial charge in [-0.15, -0.1) is 0 Å². The van der Waals surface area contributed by atoms with Crippen LogP contribution in [0.25, 0.3) is 0 Å². The molecule has 1 aromatic heterocycles. The van der Waals surface area contributed by atoms with Crippen LogP contribution in [-0.4, -0.2) is 72.2 Å². The van der Waals surface area contributed by atoms with Gasteiger partial charge in [-0.3, -0.25) is 19.5 Å². The summed E-state index contributed by atoms with van der Waals surface area (Å²) in [7, 11) is 0. The van der Waals surface area contributed by atoms with Crippen molar-refractivity contribution in [2.75, 3.05) is 50.8 Å². The van der Waals surface area contributed by atoms with Gasteiger partial charge in [0.15, 0.2) is 0 Å². The molecule has 3 fully saturated rings. The van der Waals surface area contributed by atoms with E-state index in [4.69, 9.17) is 4.74 Å². The summed E-state index contributed by atoms with van der Waals surface area (Å²) >= 11 is 0. The van der Waals surface area contributed by atoms with Crippen molar-refractivity contribution in [2.45, 2.75) is 44.4 Å². The maximum absolute atomic E-state index is 13.4. The normalized spacial score (nSPS) is 24.2. The highest BCUT2D eigenvalue weighted by Gasteiger charge is 2.49. The number of fused-ring (bicyclic) bond motifs is 1. The SMILES string of the molecule is CCC(=O)N(CC1(N2CC3CN(Cc4ccccc4)CC3C2)CCOCC1)c1cccc(C(F)(F)F)n1. The van der Waals surface area contributed by atoms with E-state index in [0.29, 0.717) is 31.6 Å². The van der Waals surface area contributed by atoms with Crippen molar-refractivity contribution in [2.24, 2.45) is 11.8 Å². The van der Waals surface area contributed by atoms with Crippen LogP contribution in [0, 0.1) is 11.8 Å². The van der Waals surface area contributed by atoms with E-state index in [0.717, 1.165) is 51.6 Å². The number of hydrogen-bond donors (Lipinski definition) is 0.